The molecule has 0 bridgehead atoms. The minimum absolute atomic E-state index is 0.386. The van der Waals surface area contributed by atoms with Crippen molar-refractivity contribution in [2.24, 2.45) is 0 Å². The maximum atomic E-state index is 12.7. The Morgan fingerprint density at radius 2 is 1.52 bits per heavy atom. The van der Waals surface area contributed by atoms with E-state index in [9.17, 15) is 19.4 Å². The highest BCUT2D eigenvalue weighted by molar-refractivity contribution is 7.56. The lowest BCUT2D eigenvalue weighted by molar-refractivity contribution is -0.139. The van der Waals surface area contributed by atoms with Crippen molar-refractivity contribution >= 4 is 13.5 Å². The number of ether oxygens (including phenoxy) is 1. The van der Waals surface area contributed by atoms with Crippen LogP contribution >= 0.6 is 7.52 Å². The van der Waals surface area contributed by atoms with Gasteiger partial charge in [0.05, 0.1) is 0 Å². The minimum atomic E-state index is -4.15. The summed E-state index contributed by atoms with van der Waals surface area (Å²) in [5.41, 5.74) is 0.878. The summed E-state index contributed by atoms with van der Waals surface area (Å²) in [4.78, 5) is 21.9. The fourth-order valence-corrected chi connectivity index (χ4v) is 3.90. The molecule has 0 amide bonds. The standard InChI is InChI=1S/C16H18NO5P/c1-22-16(13-10-6-3-7-11-13)23(20,21)17-14(15(18)19)12-8-4-2-5-9-12/h2-11,14,16H,1H3,(H,18,19)(H2,17,20,21). The van der Waals surface area contributed by atoms with Crippen LogP contribution < -0.4 is 5.09 Å². The van der Waals surface area contributed by atoms with E-state index in [0.717, 1.165) is 0 Å². The lowest BCUT2D eigenvalue weighted by Gasteiger charge is -2.26. The number of hydrogen-bond donors (Lipinski definition) is 3. The largest absolute Gasteiger partial charge is 0.480 e. The molecule has 6 nitrogen and oxygen atoms in total. The van der Waals surface area contributed by atoms with Crippen molar-refractivity contribution in [1.82, 2.24) is 5.09 Å². The first kappa shape index (κ1) is 17.4. The fraction of sp³-hybridized carbons (Fsp3) is 0.188. The van der Waals surface area contributed by atoms with Gasteiger partial charge in [-0.3, -0.25) is 9.36 Å². The minimum Gasteiger partial charge on any atom is -0.480 e. The molecule has 0 heterocycles. The zero-order valence-corrected chi connectivity index (χ0v) is 13.4. The first-order valence-electron chi connectivity index (χ1n) is 6.91. The maximum Gasteiger partial charge on any atom is 0.325 e. The van der Waals surface area contributed by atoms with Crippen molar-refractivity contribution in [2.45, 2.75) is 11.9 Å². The molecule has 2 rings (SSSR count). The molecule has 2 aromatic rings. The van der Waals surface area contributed by atoms with Gasteiger partial charge in [-0.05, 0) is 11.1 Å². The van der Waals surface area contributed by atoms with Crippen LogP contribution in [0.4, 0.5) is 0 Å². The number of carboxylic acids is 1. The Kier molecular flexibility index (Phi) is 5.69. The van der Waals surface area contributed by atoms with E-state index in [-0.39, 0.29) is 0 Å². The van der Waals surface area contributed by atoms with Gasteiger partial charge in [-0.25, -0.2) is 5.09 Å². The molecule has 0 saturated heterocycles. The molecule has 7 heteroatoms. The number of carboxylic acid groups (broad SMARTS) is 1. The lowest BCUT2D eigenvalue weighted by atomic mass is 10.1. The third-order valence-corrected chi connectivity index (χ3v) is 5.09. The van der Waals surface area contributed by atoms with Gasteiger partial charge in [-0.15, -0.1) is 0 Å². The summed E-state index contributed by atoms with van der Waals surface area (Å²) in [6.07, 6.45) is 0. The Morgan fingerprint density at radius 3 is 1.96 bits per heavy atom. The van der Waals surface area contributed by atoms with E-state index in [0.29, 0.717) is 11.1 Å². The van der Waals surface area contributed by atoms with E-state index in [1.807, 2.05) is 0 Å². The zero-order chi connectivity index (χ0) is 16.9. The van der Waals surface area contributed by atoms with Gasteiger partial charge in [0.25, 0.3) is 0 Å². The van der Waals surface area contributed by atoms with Gasteiger partial charge < -0.3 is 14.7 Å². The van der Waals surface area contributed by atoms with Crippen LogP contribution in [-0.4, -0.2) is 23.1 Å². The van der Waals surface area contributed by atoms with Gasteiger partial charge >= 0.3 is 13.5 Å². The molecule has 0 aliphatic rings. The average molecular weight is 335 g/mol. The van der Waals surface area contributed by atoms with Crippen molar-refractivity contribution in [3.05, 3.63) is 71.8 Å². The maximum absolute atomic E-state index is 12.7. The van der Waals surface area contributed by atoms with Crippen LogP contribution in [-0.2, 0) is 14.1 Å². The third kappa shape index (κ3) is 4.27. The molecule has 3 N–H and O–H groups in total. The zero-order valence-electron chi connectivity index (χ0n) is 12.5. The molecule has 3 unspecified atom stereocenters. The summed E-state index contributed by atoms with van der Waals surface area (Å²) in [7, 11) is -2.85. The van der Waals surface area contributed by atoms with Crippen molar-refractivity contribution in [3.63, 3.8) is 0 Å². The van der Waals surface area contributed by atoms with Crippen LogP contribution in [0.3, 0.4) is 0 Å². The van der Waals surface area contributed by atoms with E-state index in [2.05, 4.69) is 5.09 Å². The molecule has 2 aromatic carbocycles. The monoisotopic (exact) mass is 335 g/mol. The SMILES string of the molecule is COC(c1ccccc1)P(=O)(O)NC(C(=O)O)c1ccccc1. The Labute approximate surface area is 134 Å². The molecule has 23 heavy (non-hydrogen) atoms. The number of rotatable bonds is 7. The second-order valence-electron chi connectivity index (χ2n) is 4.93. The van der Waals surface area contributed by atoms with Crippen LogP contribution in [0.25, 0.3) is 0 Å². The van der Waals surface area contributed by atoms with E-state index >= 15 is 0 Å². The van der Waals surface area contributed by atoms with Crippen molar-refractivity contribution in [2.75, 3.05) is 7.11 Å². The Hall–Kier alpha value is -1.98. The fourth-order valence-electron chi connectivity index (χ4n) is 2.27. The molecule has 0 fully saturated rings. The molecule has 0 saturated carbocycles. The van der Waals surface area contributed by atoms with Gasteiger partial charge in [0.15, 0.2) is 5.85 Å². The summed E-state index contributed by atoms with van der Waals surface area (Å²) >= 11 is 0. The van der Waals surface area contributed by atoms with Crippen LogP contribution in [0.1, 0.15) is 23.0 Å². The molecule has 0 spiro atoms. The van der Waals surface area contributed by atoms with E-state index in [4.69, 9.17) is 4.74 Å². The molecule has 0 aromatic heterocycles. The van der Waals surface area contributed by atoms with Crippen LogP contribution in [0.2, 0.25) is 0 Å². The summed E-state index contributed by atoms with van der Waals surface area (Å²) in [5.74, 6) is -2.40. The molecule has 0 radical (unpaired) electrons. The number of carbonyl (C=O) groups is 1. The highest BCUT2D eigenvalue weighted by atomic mass is 31.2. The summed E-state index contributed by atoms with van der Waals surface area (Å²) in [6.45, 7) is 0. The van der Waals surface area contributed by atoms with Crippen LogP contribution in [0.5, 0.6) is 0 Å². The van der Waals surface area contributed by atoms with Gasteiger partial charge in [0.1, 0.15) is 6.04 Å². The van der Waals surface area contributed by atoms with Crippen LogP contribution in [0.15, 0.2) is 60.7 Å². The van der Waals surface area contributed by atoms with E-state index in [1.54, 1.807) is 60.7 Å². The predicted molar refractivity (Wildman–Crippen MR) is 86.0 cm³/mol. The van der Waals surface area contributed by atoms with Gasteiger partial charge in [0.2, 0.25) is 0 Å². The second-order valence-corrected chi connectivity index (χ2v) is 6.91. The Balaban J connectivity index is 2.30. The molecule has 0 aliphatic heterocycles. The quantitative estimate of drug-likeness (QED) is 0.673. The molecule has 3 atom stereocenters. The Bertz CT molecular complexity index is 692. The van der Waals surface area contributed by atoms with Crippen molar-refractivity contribution in [3.8, 4) is 0 Å². The van der Waals surface area contributed by atoms with E-state index < -0.39 is 25.4 Å². The van der Waals surface area contributed by atoms with Gasteiger partial charge in [-0.2, -0.15) is 0 Å². The number of aliphatic carboxylic acids is 1. The summed E-state index contributed by atoms with van der Waals surface area (Å²) in [5, 5.41) is 11.7. The molecule has 0 aliphatic carbocycles. The van der Waals surface area contributed by atoms with Gasteiger partial charge in [-0.1, -0.05) is 60.7 Å². The molecular formula is C16H18NO5P. The second kappa shape index (κ2) is 7.53. The number of hydrogen-bond acceptors (Lipinski definition) is 3. The average Bonchev–Trinajstić information content (AvgIpc) is 2.55. The summed E-state index contributed by atoms with van der Waals surface area (Å²) < 4.78 is 17.8. The first-order chi connectivity index (χ1) is 11.0. The van der Waals surface area contributed by atoms with Crippen LogP contribution in [0, 0.1) is 0 Å². The molecular weight excluding hydrogens is 317 g/mol. The predicted octanol–water partition coefficient (Wildman–Crippen LogP) is 2.93. The first-order valence-corrected chi connectivity index (χ1v) is 8.64. The number of methoxy groups -OCH3 is 1. The third-order valence-electron chi connectivity index (χ3n) is 3.32. The topological polar surface area (TPSA) is 95.9 Å². The van der Waals surface area contributed by atoms with E-state index in [1.165, 1.54) is 7.11 Å². The van der Waals surface area contributed by atoms with Crippen molar-refractivity contribution in [1.29, 1.82) is 0 Å². The van der Waals surface area contributed by atoms with Gasteiger partial charge in [0, 0.05) is 7.11 Å². The Morgan fingerprint density at radius 1 is 1.04 bits per heavy atom. The smallest absolute Gasteiger partial charge is 0.325 e. The highest BCUT2D eigenvalue weighted by Gasteiger charge is 2.37. The normalized spacial score (nSPS) is 16.3. The summed E-state index contributed by atoms with van der Waals surface area (Å²) in [6, 6.07) is 15.4. The number of benzene rings is 2. The van der Waals surface area contributed by atoms with Crippen molar-refractivity contribution < 1.29 is 24.1 Å². The number of nitrogens with one attached hydrogen (secondary N) is 1. The molecule has 122 valence electrons. The lowest BCUT2D eigenvalue weighted by Crippen LogP contribution is -2.28. The highest BCUT2D eigenvalue weighted by Crippen LogP contribution is 2.53.